The molecule has 1 aliphatic carbocycles. The van der Waals surface area contributed by atoms with E-state index in [9.17, 15) is 9.90 Å². The Morgan fingerprint density at radius 2 is 1.68 bits per heavy atom. The standard InChI is InChI=1S/C29H29NO4/c1-2-34-28(31)27-26(22-9-5-3-6-10-22)24-14-13-21(20-30-15-17-33-18-16-30)19-25(24)29(27,32)23-11-7-4-8-12-23/h3-14,19,32H,2,15-18,20H2,1H3. The van der Waals surface area contributed by atoms with Crippen LogP contribution in [-0.2, 0) is 26.4 Å². The molecule has 1 aliphatic heterocycles. The van der Waals surface area contributed by atoms with Gasteiger partial charge in [-0.05, 0) is 29.2 Å². The quantitative estimate of drug-likeness (QED) is 0.567. The summed E-state index contributed by atoms with van der Waals surface area (Å²) < 4.78 is 11.0. The van der Waals surface area contributed by atoms with E-state index in [2.05, 4.69) is 11.0 Å². The number of nitrogens with zero attached hydrogens (tertiary/aromatic N) is 1. The van der Waals surface area contributed by atoms with E-state index in [0.29, 0.717) is 11.1 Å². The number of hydrogen-bond acceptors (Lipinski definition) is 5. The minimum Gasteiger partial charge on any atom is -0.463 e. The van der Waals surface area contributed by atoms with Crippen LogP contribution in [0.2, 0.25) is 0 Å². The molecule has 5 heteroatoms. The van der Waals surface area contributed by atoms with Crippen LogP contribution in [0.25, 0.3) is 5.57 Å². The average Bonchev–Trinajstić information content (AvgIpc) is 3.15. The first-order valence-electron chi connectivity index (χ1n) is 11.8. The summed E-state index contributed by atoms with van der Waals surface area (Å²) in [5.41, 5.74) is 3.55. The van der Waals surface area contributed by atoms with Crippen molar-refractivity contribution in [1.82, 2.24) is 4.90 Å². The largest absolute Gasteiger partial charge is 0.463 e. The predicted molar refractivity (Wildman–Crippen MR) is 131 cm³/mol. The van der Waals surface area contributed by atoms with E-state index < -0.39 is 11.6 Å². The topological polar surface area (TPSA) is 59.0 Å². The van der Waals surface area contributed by atoms with Crippen molar-refractivity contribution >= 4 is 11.5 Å². The SMILES string of the molecule is CCOC(=O)C1=C(c2ccccc2)c2ccc(CN3CCOCC3)cc2C1(O)c1ccccc1. The lowest BCUT2D eigenvalue weighted by Crippen LogP contribution is -2.36. The summed E-state index contributed by atoms with van der Waals surface area (Å²) in [6, 6.07) is 25.3. The molecular weight excluding hydrogens is 426 g/mol. The van der Waals surface area contributed by atoms with Gasteiger partial charge in [-0.1, -0.05) is 78.9 Å². The van der Waals surface area contributed by atoms with Crippen LogP contribution in [0.3, 0.4) is 0 Å². The van der Waals surface area contributed by atoms with E-state index >= 15 is 0 Å². The number of benzene rings is 3. The smallest absolute Gasteiger partial charge is 0.338 e. The minimum absolute atomic E-state index is 0.230. The van der Waals surface area contributed by atoms with Crippen molar-refractivity contribution in [3.05, 3.63) is 112 Å². The van der Waals surface area contributed by atoms with Crippen molar-refractivity contribution in [3.63, 3.8) is 0 Å². The normalized spacial score (nSPS) is 20.3. The molecule has 0 aromatic heterocycles. The van der Waals surface area contributed by atoms with Gasteiger partial charge in [0.25, 0.3) is 0 Å². The maximum Gasteiger partial charge on any atom is 0.338 e. The van der Waals surface area contributed by atoms with Crippen molar-refractivity contribution < 1.29 is 19.4 Å². The van der Waals surface area contributed by atoms with E-state index in [-0.39, 0.29) is 12.2 Å². The first-order valence-corrected chi connectivity index (χ1v) is 11.8. The van der Waals surface area contributed by atoms with Crippen molar-refractivity contribution in [3.8, 4) is 0 Å². The number of morpholine rings is 1. The molecule has 0 saturated carbocycles. The highest BCUT2D eigenvalue weighted by molar-refractivity contribution is 6.08. The van der Waals surface area contributed by atoms with Gasteiger partial charge < -0.3 is 14.6 Å². The van der Waals surface area contributed by atoms with E-state index in [1.807, 2.05) is 72.8 Å². The fraction of sp³-hybridized carbons (Fsp3) is 0.276. The highest BCUT2D eigenvalue weighted by Crippen LogP contribution is 2.51. The van der Waals surface area contributed by atoms with Crippen LogP contribution in [-0.4, -0.2) is 48.9 Å². The van der Waals surface area contributed by atoms with E-state index in [4.69, 9.17) is 9.47 Å². The second-order valence-electron chi connectivity index (χ2n) is 8.68. The number of carbonyl (C=O) groups is 1. The highest BCUT2D eigenvalue weighted by atomic mass is 16.5. The van der Waals surface area contributed by atoms with Gasteiger partial charge in [-0.25, -0.2) is 4.79 Å². The third kappa shape index (κ3) is 3.96. The second kappa shape index (κ2) is 9.55. The molecule has 1 N–H and O–H groups in total. The highest BCUT2D eigenvalue weighted by Gasteiger charge is 2.49. The summed E-state index contributed by atoms with van der Waals surface area (Å²) in [5.74, 6) is -0.501. The number of aliphatic hydroxyl groups is 1. The van der Waals surface area contributed by atoms with Crippen LogP contribution in [0.1, 0.15) is 34.7 Å². The number of hydrogen-bond donors (Lipinski definition) is 1. The van der Waals surface area contributed by atoms with Gasteiger partial charge in [0.15, 0.2) is 0 Å². The van der Waals surface area contributed by atoms with E-state index in [1.54, 1.807) is 6.92 Å². The Morgan fingerprint density at radius 3 is 2.35 bits per heavy atom. The molecule has 1 fully saturated rings. The zero-order valence-corrected chi connectivity index (χ0v) is 19.4. The number of ether oxygens (including phenoxy) is 2. The number of rotatable bonds is 6. The van der Waals surface area contributed by atoms with Gasteiger partial charge in [0.1, 0.15) is 5.60 Å². The van der Waals surface area contributed by atoms with Crippen molar-refractivity contribution in [2.45, 2.75) is 19.1 Å². The molecule has 1 unspecified atom stereocenters. The summed E-state index contributed by atoms with van der Waals surface area (Å²) in [7, 11) is 0. The predicted octanol–water partition coefficient (Wildman–Crippen LogP) is 4.13. The van der Waals surface area contributed by atoms with Crippen LogP contribution in [0.15, 0.2) is 84.4 Å². The zero-order valence-electron chi connectivity index (χ0n) is 19.4. The van der Waals surface area contributed by atoms with Crippen molar-refractivity contribution in [2.75, 3.05) is 32.9 Å². The number of esters is 1. The molecular formula is C29H29NO4. The molecule has 0 amide bonds. The summed E-state index contributed by atoms with van der Waals surface area (Å²) in [6.45, 7) is 5.98. The monoisotopic (exact) mass is 455 g/mol. The third-order valence-electron chi connectivity index (χ3n) is 6.60. The van der Waals surface area contributed by atoms with Crippen LogP contribution in [0, 0.1) is 0 Å². The van der Waals surface area contributed by atoms with Crippen LogP contribution in [0.4, 0.5) is 0 Å². The molecule has 5 rings (SSSR count). The second-order valence-corrected chi connectivity index (χ2v) is 8.68. The van der Waals surface area contributed by atoms with Gasteiger partial charge in [-0.15, -0.1) is 0 Å². The Bertz CT molecular complexity index is 1200. The molecule has 3 aromatic carbocycles. The van der Waals surface area contributed by atoms with Gasteiger partial charge >= 0.3 is 5.97 Å². The third-order valence-corrected chi connectivity index (χ3v) is 6.60. The van der Waals surface area contributed by atoms with Gasteiger partial charge in [0.2, 0.25) is 0 Å². The van der Waals surface area contributed by atoms with Gasteiger partial charge in [-0.2, -0.15) is 0 Å². The maximum atomic E-state index is 13.4. The zero-order chi connectivity index (χ0) is 23.5. The van der Waals surface area contributed by atoms with Crippen LogP contribution >= 0.6 is 0 Å². The summed E-state index contributed by atoms with van der Waals surface area (Å²) in [6.07, 6.45) is 0. The summed E-state index contributed by atoms with van der Waals surface area (Å²) in [4.78, 5) is 15.8. The lowest BCUT2D eigenvalue weighted by atomic mass is 9.82. The number of fused-ring (bicyclic) bond motifs is 1. The lowest BCUT2D eigenvalue weighted by Gasteiger charge is -2.29. The van der Waals surface area contributed by atoms with Crippen molar-refractivity contribution in [2.24, 2.45) is 0 Å². The first kappa shape index (κ1) is 22.5. The minimum atomic E-state index is -1.62. The lowest BCUT2D eigenvalue weighted by molar-refractivity contribution is -0.140. The molecule has 0 spiro atoms. The van der Waals surface area contributed by atoms with Crippen LogP contribution < -0.4 is 0 Å². The molecule has 1 saturated heterocycles. The van der Waals surface area contributed by atoms with E-state index in [1.165, 1.54) is 0 Å². The fourth-order valence-electron chi connectivity index (χ4n) is 5.01. The first-order chi connectivity index (χ1) is 16.6. The van der Waals surface area contributed by atoms with E-state index in [0.717, 1.165) is 55.1 Å². The Labute approximate surface area is 200 Å². The molecule has 34 heavy (non-hydrogen) atoms. The van der Waals surface area contributed by atoms with Gasteiger partial charge in [0.05, 0.1) is 25.4 Å². The summed E-state index contributed by atoms with van der Waals surface area (Å²) in [5, 5.41) is 12.4. The molecule has 1 atom stereocenters. The Balaban J connectivity index is 1.71. The van der Waals surface area contributed by atoms with Crippen LogP contribution in [0.5, 0.6) is 0 Å². The molecule has 3 aromatic rings. The molecule has 1 heterocycles. The molecule has 174 valence electrons. The van der Waals surface area contributed by atoms with Gasteiger partial charge in [0, 0.05) is 30.8 Å². The maximum absolute atomic E-state index is 13.4. The summed E-state index contributed by atoms with van der Waals surface area (Å²) >= 11 is 0. The Morgan fingerprint density at radius 1 is 1.00 bits per heavy atom. The molecule has 0 radical (unpaired) electrons. The molecule has 2 aliphatic rings. The number of carbonyl (C=O) groups excluding carboxylic acids is 1. The Hall–Kier alpha value is -3.25. The fourth-order valence-corrected chi connectivity index (χ4v) is 5.01. The average molecular weight is 456 g/mol. The molecule has 0 bridgehead atoms. The molecule has 5 nitrogen and oxygen atoms in total. The Kier molecular flexibility index (Phi) is 6.33. The van der Waals surface area contributed by atoms with Gasteiger partial charge in [-0.3, -0.25) is 4.90 Å². The van der Waals surface area contributed by atoms with Crippen molar-refractivity contribution in [1.29, 1.82) is 0 Å².